The number of nitrogens with one attached hydrogen (secondary N) is 2. The van der Waals surface area contributed by atoms with E-state index in [0.717, 1.165) is 23.5 Å². The first-order valence-electron chi connectivity index (χ1n) is 7.62. The van der Waals surface area contributed by atoms with Crippen molar-refractivity contribution in [2.45, 2.75) is 34.4 Å². The molecule has 0 fully saturated rings. The largest absolute Gasteiger partial charge is 0.416 e. The lowest BCUT2D eigenvalue weighted by Gasteiger charge is -2.10. The minimum Gasteiger partial charge on any atom is -0.308 e. The van der Waals surface area contributed by atoms with Crippen molar-refractivity contribution in [3.63, 3.8) is 0 Å². The summed E-state index contributed by atoms with van der Waals surface area (Å²) in [6.07, 6.45) is -2.80. The van der Waals surface area contributed by atoms with Gasteiger partial charge in [-0.05, 0) is 44.4 Å². The van der Waals surface area contributed by atoms with Gasteiger partial charge in [0.05, 0.1) is 24.9 Å². The molecule has 11 heteroatoms. The first kappa shape index (κ1) is 21.6. The molecule has 0 bridgehead atoms. The van der Waals surface area contributed by atoms with Crippen molar-refractivity contribution in [1.82, 2.24) is 0 Å². The smallest absolute Gasteiger partial charge is 0.308 e. The molecule has 2 N–H and O–H groups in total. The van der Waals surface area contributed by atoms with E-state index < -0.39 is 32.9 Å². The number of anilines is 2. The normalized spacial score (nSPS) is 12.3. The molecule has 1 aromatic heterocycles. The van der Waals surface area contributed by atoms with Crippen molar-refractivity contribution in [2.75, 3.05) is 16.9 Å². The molecule has 0 atom stereocenters. The van der Waals surface area contributed by atoms with Gasteiger partial charge in [0.1, 0.15) is 0 Å². The number of rotatable bonds is 5. The lowest BCUT2D eigenvalue weighted by Crippen LogP contribution is -2.19. The Hall–Kier alpha value is -1.72. The van der Waals surface area contributed by atoms with Crippen LogP contribution in [0.4, 0.5) is 28.7 Å². The number of carbonyl (C=O) groups excluding carboxylic acids is 1. The maximum Gasteiger partial charge on any atom is 0.416 e. The number of alkyl halides is 3. The van der Waals surface area contributed by atoms with Crippen LogP contribution < -0.4 is 10.6 Å². The average molecular weight is 439 g/mol. The maximum absolute atomic E-state index is 12.7. The summed E-state index contributed by atoms with van der Waals surface area (Å²) in [6, 6.07) is 4.81. The molecule has 148 valence electrons. The molecule has 27 heavy (non-hydrogen) atoms. The van der Waals surface area contributed by atoms with Crippen molar-refractivity contribution in [2.24, 2.45) is 0 Å². The molecule has 2 aromatic rings. The van der Waals surface area contributed by atoms with Crippen LogP contribution in [0.2, 0.25) is 0 Å². The summed E-state index contributed by atoms with van der Waals surface area (Å²) in [5, 5.41) is 4.44. The van der Waals surface area contributed by atoms with E-state index in [4.69, 9.17) is 0 Å². The van der Waals surface area contributed by atoms with Gasteiger partial charge in [0.2, 0.25) is 0 Å². The third kappa shape index (κ3) is 5.17. The third-order valence-electron chi connectivity index (χ3n) is 3.46. The zero-order valence-corrected chi connectivity index (χ0v) is 17.0. The van der Waals surface area contributed by atoms with Crippen LogP contribution in [0.15, 0.2) is 39.4 Å². The highest BCUT2D eigenvalue weighted by Crippen LogP contribution is 2.38. The van der Waals surface area contributed by atoms with Gasteiger partial charge < -0.3 is 5.32 Å². The molecule has 1 heterocycles. The molecule has 0 unspecified atom stereocenters. The molecular weight excluding hydrogens is 421 g/mol. The molecule has 5 nitrogen and oxygen atoms in total. The molecule has 1 aromatic carbocycles. The summed E-state index contributed by atoms with van der Waals surface area (Å²) in [7, 11) is -3.52. The highest BCUT2D eigenvalue weighted by atomic mass is 32.2. The zero-order valence-electron chi connectivity index (χ0n) is 14.5. The summed E-state index contributed by atoms with van der Waals surface area (Å²) in [6.45, 7) is 3.12. The highest BCUT2D eigenvalue weighted by Gasteiger charge is 2.30. The SMILES string of the molecule is CSc1sc(NC(=O)Nc2cccc(C(F)(F)F)c2)cc1S(=O)(=O)C(C)C. The number of benzene rings is 1. The maximum atomic E-state index is 12.7. The highest BCUT2D eigenvalue weighted by molar-refractivity contribution is 8.01. The first-order chi connectivity index (χ1) is 12.4. The van der Waals surface area contributed by atoms with Crippen LogP contribution in [-0.2, 0) is 16.0 Å². The van der Waals surface area contributed by atoms with Crippen LogP contribution in [0.1, 0.15) is 19.4 Å². The van der Waals surface area contributed by atoms with Crippen LogP contribution in [0, 0.1) is 0 Å². The number of thiophene rings is 1. The molecule has 0 saturated heterocycles. The Bertz CT molecular complexity index is 938. The lowest BCUT2D eigenvalue weighted by molar-refractivity contribution is -0.137. The van der Waals surface area contributed by atoms with Gasteiger partial charge in [-0.25, -0.2) is 13.2 Å². The van der Waals surface area contributed by atoms with E-state index in [0.29, 0.717) is 4.21 Å². The van der Waals surface area contributed by atoms with Gasteiger partial charge in [-0.2, -0.15) is 13.2 Å². The summed E-state index contributed by atoms with van der Waals surface area (Å²) in [5.41, 5.74) is -0.912. The summed E-state index contributed by atoms with van der Waals surface area (Å²) in [4.78, 5) is 12.2. The second kappa shape index (κ2) is 8.11. The fourth-order valence-electron chi connectivity index (χ4n) is 2.06. The van der Waals surface area contributed by atoms with Gasteiger partial charge in [0, 0.05) is 5.69 Å². The van der Waals surface area contributed by atoms with Crippen molar-refractivity contribution in [3.8, 4) is 0 Å². The molecule has 0 aliphatic carbocycles. The van der Waals surface area contributed by atoms with Crippen LogP contribution in [-0.4, -0.2) is 26.0 Å². The van der Waals surface area contributed by atoms with Crippen LogP contribution in [0.3, 0.4) is 0 Å². The van der Waals surface area contributed by atoms with Gasteiger partial charge >= 0.3 is 12.2 Å². The topological polar surface area (TPSA) is 75.3 Å². The Labute approximate surface area is 163 Å². The summed E-state index contributed by atoms with van der Waals surface area (Å²) < 4.78 is 63.5. The van der Waals surface area contributed by atoms with E-state index in [1.165, 1.54) is 30.0 Å². The molecule has 0 aliphatic heterocycles. The number of urea groups is 1. The Morgan fingerprint density at radius 3 is 2.41 bits per heavy atom. The lowest BCUT2D eigenvalue weighted by atomic mass is 10.2. The summed E-state index contributed by atoms with van der Waals surface area (Å²) >= 11 is 2.32. The fraction of sp³-hybridized carbons (Fsp3) is 0.312. The van der Waals surface area contributed by atoms with Crippen LogP contribution in [0.5, 0.6) is 0 Å². The third-order valence-corrected chi connectivity index (χ3v) is 8.08. The van der Waals surface area contributed by atoms with E-state index in [2.05, 4.69) is 10.6 Å². The second-order valence-electron chi connectivity index (χ2n) is 5.72. The summed E-state index contributed by atoms with van der Waals surface area (Å²) in [5.74, 6) is 0. The van der Waals surface area contributed by atoms with Gasteiger partial charge in [0.25, 0.3) is 0 Å². The van der Waals surface area contributed by atoms with Crippen molar-refractivity contribution in [1.29, 1.82) is 0 Å². The van der Waals surface area contributed by atoms with E-state index in [1.807, 2.05) is 0 Å². The number of sulfone groups is 1. The predicted molar refractivity (Wildman–Crippen MR) is 103 cm³/mol. The number of hydrogen-bond acceptors (Lipinski definition) is 5. The molecule has 0 saturated carbocycles. The molecule has 0 aliphatic rings. The Kier molecular flexibility index (Phi) is 6.48. The molecule has 0 spiro atoms. The van der Waals surface area contributed by atoms with E-state index in [1.54, 1.807) is 20.1 Å². The average Bonchev–Trinajstić information content (AvgIpc) is 2.97. The fourth-order valence-corrected chi connectivity index (χ4v) is 5.77. The number of hydrogen-bond donors (Lipinski definition) is 2. The monoisotopic (exact) mass is 438 g/mol. The Morgan fingerprint density at radius 1 is 1.19 bits per heavy atom. The minimum absolute atomic E-state index is 0.0287. The Balaban J connectivity index is 2.19. The van der Waals surface area contributed by atoms with Gasteiger partial charge in [-0.3, -0.25) is 5.32 Å². The van der Waals surface area contributed by atoms with E-state index >= 15 is 0 Å². The van der Waals surface area contributed by atoms with Crippen LogP contribution in [0.25, 0.3) is 0 Å². The molecular formula is C16H17F3N2O3S3. The van der Waals surface area contributed by atoms with Gasteiger partial charge in [0.15, 0.2) is 9.84 Å². The predicted octanol–water partition coefficient (Wildman–Crippen LogP) is 5.31. The van der Waals surface area contributed by atoms with Gasteiger partial charge in [-0.1, -0.05) is 6.07 Å². The van der Waals surface area contributed by atoms with Crippen molar-refractivity contribution >= 4 is 49.7 Å². The molecule has 2 amide bonds. The van der Waals surface area contributed by atoms with Gasteiger partial charge in [-0.15, -0.1) is 23.1 Å². The quantitative estimate of drug-likeness (QED) is 0.620. The second-order valence-corrected chi connectivity index (χ2v) is 10.3. The number of amides is 2. The number of thioether (sulfide) groups is 1. The van der Waals surface area contributed by atoms with E-state index in [9.17, 15) is 26.4 Å². The zero-order chi connectivity index (χ0) is 20.4. The minimum atomic E-state index is -4.52. The number of halogens is 3. The Morgan fingerprint density at radius 2 is 1.85 bits per heavy atom. The first-order valence-corrected chi connectivity index (χ1v) is 11.2. The molecule has 0 radical (unpaired) electrons. The van der Waals surface area contributed by atoms with E-state index in [-0.39, 0.29) is 15.6 Å². The molecule has 2 rings (SSSR count). The van der Waals surface area contributed by atoms with Crippen molar-refractivity contribution in [3.05, 3.63) is 35.9 Å². The number of carbonyl (C=O) groups is 1. The van der Waals surface area contributed by atoms with Crippen molar-refractivity contribution < 1.29 is 26.4 Å². The van der Waals surface area contributed by atoms with Crippen LogP contribution >= 0.6 is 23.1 Å². The standard InChI is InChI=1S/C16H17F3N2O3S3/c1-9(2)27(23,24)12-8-13(26-14(12)25-3)21-15(22)20-11-6-4-5-10(7-11)16(17,18)19/h4-9H,1-3H3,(H2,20,21,22).